The van der Waals surface area contributed by atoms with Crippen LogP contribution in [0, 0.1) is 0 Å². The van der Waals surface area contributed by atoms with Crippen LogP contribution in [0.25, 0.3) is 0 Å². The number of rotatable bonds is 8. The second kappa shape index (κ2) is 8.95. The zero-order chi connectivity index (χ0) is 19.2. The molecule has 0 bridgehead atoms. The Bertz CT molecular complexity index is 581. The Morgan fingerprint density at radius 2 is 2.27 bits per heavy atom. The monoisotopic (exact) mass is 372 g/mol. The number of esters is 2. The van der Waals surface area contributed by atoms with Crippen LogP contribution < -0.4 is 11.1 Å². The van der Waals surface area contributed by atoms with E-state index in [0.29, 0.717) is 12.4 Å². The molecular formula is C16H25FN4O5. The molecule has 0 amide bonds. The lowest BCUT2D eigenvalue weighted by molar-refractivity contribution is -0.162. The fraction of sp³-hybridized carbons (Fsp3) is 0.688. The van der Waals surface area contributed by atoms with Crippen LogP contribution in [0.15, 0.2) is 17.3 Å². The van der Waals surface area contributed by atoms with Gasteiger partial charge in [0.1, 0.15) is 19.1 Å². The third-order valence-electron chi connectivity index (χ3n) is 3.98. The number of halogens is 1. The Kier molecular flexibility index (Phi) is 6.92. The van der Waals surface area contributed by atoms with Crippen LogP contribution in [0.2, 0.25) is 0 Å². The van der Waals surface area contributed by atoms with E-state index in [0.717, 1.165) is 0 Å². The van der Waals surface area contributed by atoms with E-state index >= 15 is 0 Å². The van der Waals surface area contributed by atoms with Gasteiger partial charge in [-0.2, -0.15) is 0 Å². The van der Waals surface area contributed by atoms with Crippen LogP contribution in [-0.2, 0) is 23.8 Å². The van der Waals surface area contributed by atoms with Crippen molar-refractivity contribution in [3.05, 3.63) is 12.3 Å². The van der Waals surface area contributed by atoms with Gasteiger partial charge in [-0.25, -0.2) is 14.2 Å². The summed E-state index contributed by atoms with van der Waals surface area (Å²) in [6.45, 7) is 1.49. The van der Waals surface area contributed by atoms with Crippen LogP contribution in [0.4, 0.5) is 4.39 Å². The van der Waals surface area contributed by atoms with Crippen LogP contribution in [0.3, 0.4) is 0 Å². The molecule has 0 aromatic carbocycles. The molecule has 0 spiro atoms. The highest BCUT2D eigenvalue weighted by Crippen LogP contribution is 2.36. The zero-order valence-electron chi connectivity index (χ0n) is 14.9. The lowest BCUT2D eigenvalue weighted by Gasteiger charge is -2.32. The largest absolute Gasteiger partial charge is 0.460 e. The SMILES string of the molecule is CNCCC(=O)OCC(=O)OCC1CC(C)(F)C(N2C=CC(N)=NC2)O1. The van der Waals surface area contributed by atoms with Crippen molar-refractivity contribution >= 4 is 17.8 Å². The Hall–Kier alpha value is -2.20. The van der Waals surface area contributed by atoms with Gasteiger partial charge in [0.2, 0.25) is 0 Å². The normalized spacial score (nSPS) is 28.0. The minimum atomic E-state index is -1.64. The summed E-state index contributed by atoms with van der Waals surface area (Å²) in [4.78, 5) is 28.6. The lowest BCUT2D eigenvalue weighted by Crippen LogP contribution is -2.44. The maximum atomic E-state index is 14.8. The molecule has 146 valence electrons. The Balaban J connectivity index is 1.74. The highest BCUT2D eigenvalue weighted by Gasteiger charge is 2.48. The van der Waals surface area contributed by atoms with Crippen LogP contribution >= 0.6 is 0 Å². The summed E-state index contributed by atoms with van der Waals surface area (Å²) in [5.41, 5.74) is 3.92. The van der Waals surface area contributed by atoms with E-state index in [9.17, 15) is 14.0 Å². The number of aliphatic imine (C=N–C) groups is 1. The number of amidine groups is 1. The molecule has 3 N–H and O–H groups in total. The lowest BCUT2D eigenvalue weighted by atomic mass is 10.0. The van der Waals surface area contributed by atoms with Crippen molar-refractivity contribution in [2.75, 3.05) is 33.5 Å². The van der Waals surface area contributed by atoms with E-state index in [1.165, 1.54) is 6.92 Å². The second-order valence-corrected chi connectivity index (χ2v) is 6.34. The van der Waals surface area contributed by atoms with E-state index in [2.05, 4.69) is 10.3 Å². The minimum absolute atomic E-state index is 0.0659. The molecule has 0 radical (unpaired) electrons. The van der Waals surface area contributed by atoms with Crippen molar-refractivity contribution in [2.45, 2.75) is 37.8 Å². The molecule has 0 saturated carbocycles. The Morgan fingerprint density at radius 3 is 2.92 bits per heavy atom. The molecule has 0 aliphatic carbocycles. The van der Waals surface area contributed by atoms with E-state index in [1.807, 2.05) is 0 Å². The number of alkyl halides is 1. The van der Waals surface area contributed by atoms with Crippen molar-refractivity contribution in [1.29, 1.82) is 0 Å². The fourth-order valence-corrected chi connectivity index (χ4v) is 2.69. The van der Waals surface area contributed by atoms with Crippen molar-refractivity contribution in [1.82, 2.24) is 10.2 Å². The number of hydrogen-bond acceptors (Lipinski definition) is 9. The van der Waals surface area contributed by atoms with Gasteiger partial charge in [0.05, 0.1) is 12.5 Å². The smallest absolute Gasteiger partial charge is 0.344 e. The predicted octanol–water partition coefficient (Wildman–Crippen LogP) is -0.330. The fourth-order valence-electron chi connectivity index (χ4n) is 2.69. The summed E-state index contributed by atoms with van der Waals surface area (Å²) in [6.07, 6.45) is 1.97. The summed E-state index contributed by atoms with van der Waals surface area (Å²) >= 11 is 0. The van der Waals surface area contributed by atoms with Crippen LogP contribution in [0.5, 0.6) is 0 Å². The molecule has 1 saturated heterocycles. The minimum Gasteiger partial charge on any atom is -0.460 e. The average molecular weight is 372 g/mol. The molecule has 9 nitrogen and oxygen atoms in total. The number of carbonyl (C=O) groups is 2. The average Bonchev–Trinajstić information content (AvgIpc) is 2.91. The van der Waals surface area contributed by atoms with Gasteiger partial charge in [-0.3, -0.25) is 4.79 Å². The third kappa shape index (κ3) is 5.67. The molecule has 0 aromatic rings. The van der Waals surface area contributed by atoms with Crippen molar-refractivity contribution in [3.8, 4) is 0 Å². The molecule has 2 rings (SSSR count). The van der Waals surface area contributed by atoms with Gasteiger partial charge in [-0.1, -0.05) is 0 Å². The van der Waals surface area contributed by atoms with Gasteiger partial charge < -0.3 is 30.2 Å². The number of nitrogens with one attached hydrogen (secondary N) is 1. The van der Waals surface area contributed by atoms with E-state index < -0.39 is 36.5 Å². The number of hydrogen-bond donors (Lipinski definition) is 2. The Morgan fingerprint density at radius 1 is 1.50 bits per heavy atom. The van der Waals surface area contributed by atoms with Crippen LogP contribution in [-0.4, -0.2) is 74.1 Å². The number of nitrogens with zero attached hydrogens (tertiary/aromatic N) is 2. The first-order valence-corrected chi connectivity index (χ1v) is 8.36. The Labute approximate surface area is 151 Å². The molecule has 2 heterocycles. The summed E-state index contributed by atoms with van der Waals surface area (Å²) < 4.78 is 30.3. The topological polar surface area (TPSA) is 115 Å². The molecule has 0 aromatic heterocycles. The molecule has 10 heteroatoms. The zero-order valence-corrected chi connectivity index (χ0v) is 14.9. The maximum Gasteiger partial charge on any atom is 0.344 e. The molecule has 2 aliphatic rings. The number of carbonyl (C=O) groups excluding carboxylic acids is 2. The summed E-state index contributed by atoms with van der Waals surface area (Å²) in [6, 6.07) is 0. The van der Waals surface area contributed by atoms with Gasteiger partial charge in [-0.05, 0) is 20.0 Å². The number of nitrogens with two attached hydrogens (primary N) is 1. The van der Waals surface area contributed by atoms with Gasteiger partial charge >= 0.3 is 11.9 Å². The summed E-state index contributed by atoms with van der Waals surface area (Å²) in [5, 5.41) is 2.80. The molecule has 3 unspecified atom stereocenters. The quantitative estimate of drug-likeness (QED) is 0.557. The van der Waals surface area contributed by atoms with Crippen molar-refractivity contribution in [2.24, 2.45) is 10.7 Å². The van der Waals surface area contributed by atoms with Crippen LogP contribution in [0.1, 0.15) is 19.8 Å². The molecule has 3 atom stereocenters. The highest BCUT2D eigenvalue weighted by molar-refractivity contribution is 5.91. The predicted molar refractivity (Wildman–Crippen MR) is 90.7 cm³/mol. The first kappa shape index (κ1) is 20.1. The second-order valence-electron chi connectivity index (χ2n) is 6.34. The number of ether oxygens (including phenoxy) is 3. The van der Waals surface area contributed by atoms with Crippen molar-refractivity contribution < 1.29 is 28.2 Å². The first-order chi connectivity index (χ1) is 12.3. The standard InChI is InChI=1S/C16H25FN4O5/c1-16(17)7-11(26-15(16)21-6-4-12(18)20-10-21)8-24-14(23)9-25-13(22)3-5-19-2/h4,6,11,15,19H,3,5,7-10H2,1-2H3,(H2,18,20). The van der Waals surface area contributed by atoms with E-state index in [-0.39, 0.29) is 26.1 Å². The van der Waals surface area contributed by atoms with Gasteiger partial charge in [-0.15, -0.1) is 0 Å². The molecule has 2 aliphatic heterocycles. The molecular weight excluding hydrogens is 347 g/mol. The third-order valence-corrected chi connectivity index (χ3v) is 3.98. The molecule has 26 heavy (non-hydrogen) atoms. The summed E-state index contributed by atoms with van der Waals surface area (Å²) in [7, 11) is 1.70. The highest BCUT2D eigenvalue weighted by atomic mass is 19.1. The first-order valence-electron chi connectivity index (χ1n) is 8.36. The van der Waals surface area contributed by atoms with Crippen molar-refractivity contribution in [3.63, 3.8) is 0 Å². The summed E-state index contributed by atoms with van der Waals surface area (Å²) in [5.74, 6) is -0.832. The van der Waals surface area contributed by atoms with E-state index in [4.69, 9.17) is 19.9 Å². The van der Waals surface area contributed by atoms with Gasteiger partial charge in [0.25, 0.3) is 0 Å². The molecule has 1 fully saturated rings. The van der Waals surface area contributed by atoms with Gasteiger partial charge in [0, 0.05) is 19.2 Å². The van der Waals surface area contributed by atoms with Gasteiger partial charge in [0.15, 0.2) is 18.5 Å². The van der Waals surface area contributed by atoms with E-state index in [1.54, 1.807) is 24.2 Å². The maximum absolute atomic E-state index is 14.8.